The highest BCUT2D eigenvalue weighted by molar-refractivity contribution is 9.10. The molecule has 5 heteroatoms. The lowest BCUT2D eigenvalue weighted by molar-refractivity contribution is -0.136. The Hall–Kier alpha value is -0.610. The average Bonchev–Trinajstić information content (AvgIpc) is 1.96. The summed E-state index contributed by atoms with van der Waals surface area (Å²) >= 11 is 8.82. The van der Waals surface area contributed by atoms with Gasteiger partial charge in [-0.3, -0.25) is 4.79 Å². The molecule has 0 aromatic carbocycles. The lowest BCUT2D eigenvalue weighted by Crippen LogP contribution is -2.01. The molecule has 1 N–H and O–H groups in total. The van der Waals surface area contributed by atoms with Gasteiger partial charge < -0.3 is 5.11 Å². The van der Waals surface area contributed by atoms with Crippen molar-refractivity contribution in [2.45, 2.75) is 6.42 Å². The van der Waals surface area contributed by atoms with Gasteiger partial charge in [-0.25, -0.2) is 4.98 Å². The van der Waals surface area contributed by atoms with Crippen LogP contribution in [-0.4, -0.2) is 16.1 Å². The van der Waals surface area contributed by atoms with Gasteiger partial charge in [0.15, 0.2) is 0 Å². The fraction of sp³-hybridized carbons (Fsp3) is 0.143. The van der Waals surface area contributed by atoms with Crippen LogP contribution in [0.5, 0.6) is 0 Å². The molecular formula is C7H5BrClNO2. The Morgan fingerprint density at radius 2 is 2.42 bits per heavy atom. The van der Waals surface area contributed by atoms with Crippen molar-refractivity contribution in [1.29, 1.82) is 0 Å². The molecule has 0 saturated heterocycles. The van der Waals surface area contributed by atoms with E-state index in [1.54, 1.807) is 6.07 Å². The van der Waals surface area contributed by atoms with Crippen molar-refractivity contribution in [3.8, 4) is 0 Å². The zero-order chi connectivity index (χ0) is 9.14. The Bertz CT molecular complexity index is 316. The molecule has 1 rings (SSSR count). The van der Waals surface area contributed by atoms with Crippen LogP contribution in [0.3, 0.4) is 0 Å². The topological polar surface area (TPSA) is 50.2 Å². The van der Waals surface area contributed by atoms with Gasteiger partial charge >= 0.3 is 5.97 Å². The second-order valence-corrected chi connectivity index (χ2v) is 3.45. The fourth-order valence-electron chi connectivity index (χ4n) is 0.751. The number of carboxylic acid groups (broad SMARTS) is 1. The van der Waals surface area contributed by atoms with E-state index in [-0.39, 0.29) is 11.6 Å². The van der Waals surface area contributed by atoms with Gasteiger partial charge in [-0.1, -0.05) is 11.6 Å². The number of pyridine rings is 1. The number of aliphatic carboxylic acids is 1. The summed E-state index contributed by atoms with van der Waals surface area (Å²) in [5.74, 6) is -0.920. The Labute approximate surface area is 82.5 Å². The van der Waals surface area contributed by atoms with Gasteiger partial charge in [0, 0.05) is 16.2 Å². The lowest BCUT2D eigenvalue weighted by Gasteiger charge is -1.99. The number of hydrogen-bond acceptors (Lipinski definition) is 2. The third kappa shape index (κ3) is 2.46. The van der Waals surface area contributed by atoms with E-state index in [2.05, 4.69) is 20.9 Å². The molecule has 0 aliphatic carbocycles. The van der Waals surface area contributed by atoms with Gasteiger partial charge in [0.2, 0.25) is 0 Å². The number of rotatable bonds is 2. The van der Waals surface area contributed by atoms with Crippen LogP contribution in [0.1, 0.15) is 5.56 Å². The molecule has 0 bridgehead atoms. The molecule has 0 atom stereocenters. The summed E-state index contributed by atoms with van der Waals surface area (Å²) in [4.78, 5) is 14.1. The number of carboxylic acids is 1. The van der Waals surface area contributed by atoms with E-state index < -0.39 is 5.97 Å². The molecule has 0 aliphatic rings. The number of hydrogen-bond donors (Lipinski definition) is 1. The molecule has 0 fully saturated rings. The van der Waals surface area contributed by atoms with Crippen LogP contribution in [0.25, 0.3) is 0 Å². The van der Waals surface area contributed by atoms with Crippen LogP contribution >= 0.6 is 27.5 Å². The molecule has 0 saturated carbocycles. The largest absolute Gasteiger partial charge is 0.481 e. The maximum atomic E-state index is 10.3. The Morgan fingerprint density at radius 3 is 3.00 bits per heavy atom. The second kappa shape index (κ2) is 3.87. The smallest absolute Gasteiger partial charge is 0.307 e. The highest BCUT2D eigenvalue weighted by atomic mass is 79.9. The Kier molecular flexibility index (Phi) is 3.05. The molecule has 12 heavy (non-hydrogen) atoms. The van der Waals surface area contributed by atoms with E-state index in [0.717, 1.165) is 4.47 Å². The fourth-order valence-corrected chi connectivity index (χ4v) is 1.30. The first-order chi connectivity index (χ1) is 5.59. The van der Waals surface area contributed by atoms with Crippen molar-refractivity contribution in [3.63, 3.8) is 0 Å². The monoisotopic (exact) mass is 249 g/mol. The van der Waals surface area contributed by atoms with Crippen molar-refractivity contribution < 1.29 is 9.90 Å². The number of halogens is 2. The highest BCUT2D eigenvalue weighted by Crippen LogP contribution is 2.18. The van der Waals surface area contributed by atoms with Gasteiger partial charge in [-0.05, 0) is 22.0 Å². The summed E-state index contributed by atoms with van der Waals surface area (Å²) in [6.07, 6.45) is 1.42. The van der Waals surface area contributed by atoms with E-state index >= 15 is 0 Å². The predicted molar refractivity (Wildman–Crippen MR) is 48.3 cm³/mol. The Balaban J connectivity index is 2.97. The molecule has 3 nitrogen and oxygen atoms in total. The summed E-state index contributed by atoms with van der Waals surface area (Å²) < 4.78 is 0.725. The number of nitrogens with zero attached hydrogens (tertiary/aromatic N) is 1. The highest BCUT2D eigenvalue weighted by Gasteiger charge is 2.06. The average molecular weight is 250 g/mol. The second-order valence-electron chi connectivity index (χ2n) is 2.17. The first-order valence-corrected chi connectivity index (χ1v) is 4.28. The predicted octanol–water partition coefficient (Wildman–Crippen LogP) is 2.12. The number of carbonyl (C=O) groups is 1. The van der Waals surface area contributed by atoms with E-state index in [0.29, 0.717) is 5.56 Å². The molecule has 0 unspecified atom stereocenters. The third-order valence-electron chi connectivity index (χ3n) is 1.22. The molecule has 1 heterocycles. The van der Waals surface area contributed by atoms with Crippen LogP contribution in [-0.2, 0) is 11.2 Å². The van der Waals surface area contributed by atoms with Crippen molar-refractivity contribution in [2.75, 3.05) is 0 Å². The lowest BCUT2D eigenvalue weighted by atomic mass is 10.2. The summed E-state index contributed by atoms with van der Waals surface area (Å²) in [6, 6.07) is 1.64. The molecular weight excluding hydrogens is 245 g/mol. The molecule has 64 valence electrons. The molecule has 1 aromatic heterocycles. The normalized spacial score (nSPS) is 9.83. The SMILES string of the molecule is O=C(O)Cc1cc(Br)cnc1Cl. The van der Waals surface area contributed by atoms with E-state index in [9.17, 15) is 4.79 Å². The molecule has 0 amide bonds. The summed E-state index contributed by atoms with van der Waals surface area (Å²) in [7, 11) is 0. The first kappa shape index (κ1) is 9.48. The van der Waals surface area contributed by atoms with Crippen molar-refractivity contribution >= 4 is 33.5 Å². The van der Waals surface area contributed by atoms with E-state index in [1.165, 1.54) is 6.20 Å². The van der Waals surface area contributed by atoms with Crippen molar-refractivity contribution in [3.05, 3.63) is 27.5 Å². The minimum Gasteiger partial charge on any atom is -0.481 e. The van der Waals surface area contributed by atoms with E-state index in [4.69, 9.17) is 16.7 Å². The maximum Gasteiger partial charge on any atom is 0.307 e. The summed E-state index contributed by atoms with van der Waals surface area (Å²) in [5.41, 5.74) is 0.513. The number of aromatic nitrogens is 1. The van der Waals surface area contributed by atoms with Gasteiger partial charge in [0.25, 0.3) is 0 Å². The molecule has 1 aromatic rings. The first-order valence-electron chi connectivity index (χ1n) is 3.11. The van der Waals surface area contributed by atoms with Crippen molar-refractivity contribution in [1.82, 2.24) is 4.98 Å². The van der Waals surface area contributed by atoms with Crippen LogP contribution in [0.15, 0.2) is 16.7 Å². The van der Waals surface area contributed by atoms with Gasteiger partial charge in [0.05, 0.1) is 6.42 Å². The van der Waals surface area contributed by atoms with Gasteiger partial charge in [-0.15, -0.1) is 0 Å². The minimum absolute atomic E-state index is 0.106. The molecule has 0 spiro atoms. The summed E-state index contributed by atoms with van der Waals surface area (Å²) in [5, 5.41) is 8.72. The summed E-state index contributed by atoms with van der Waals surface area (Å²) in [6.45, 7) is 0. The molecule has 0 aliphatic heterocycles. The van der Waals surface area contributed by atoms with E-state index in [1.807, 2.05) is 0 Å². The van der Waals surface area contributed by atoms with Crippen molar-refractivity contribution in [2.24, 2.45) is 0 Å². The van der Waals surface area contributed by atoms with Gasteiger partial charge in [-0.2, -0.15) is 0 Å². The molecule has 0 radical (unpaired) electrons. The minimum atomic E-state index is -0.920. The van der Waals surface area contributed by atoms with Crippen LogP contribution < -0.4 is 0 Å². The maximum absolute atomic E-state index is 10.3. The zero-order valence-electron chi connectivity index (χ0n) is 5.92. The van der Waals surface area contributed by atoms with Crippen LogP contribution in [0, 0.1) is 0 Å². The standard InChI is InChI=1S/C7H5BrClNO2/c8-5-1-4(2-6(11)12)7(9)10-3-5/h1,3H,2H2,(H,11,12). The van der Waals surface area contributed by atoms with Gasteiger partial charge in [0.1, 0.15) is 5.15 Å². The quantitative estimate of drug-likeness (QED) is 0.818. The third-order valence-corrected chi connectivity index (χ3v) is 1.99. The zero-order valence-corrected chi connectivity index (χ0v) is 8.26. The Morgan fingerprint density at radius 1 is 1.75 bits per heavy atom. The van der Waals surface area contributed by atoms with Crippen LogP contribution in [0.4, 0.5) is 0 Å². The van der Waals surface area contributed by atoms with Crippen LogP contribution in [0.2, 0.25) is 5.15 Å².